The van der Waals surface area contributed by atoms with Crippen molar-refractivity contribution in [1.82, 2.24) is 0 Å². The van der Waals surface area contributed by atoms with Gasteiger partial charge in [0.2, 0.25) is 0 Å². The standard InChI is InChI=1S/C11H24O3Si.C6H10S/c1-5-8-11(12-2)9-6-7-10-15(11,13-3)14-4;1-3-5-7-6-4-2/h5-10H2,1-4H3;3-6H,1-2H3. The largest absolute Gasteiger partial charge is 0.396 e. The Morgan fingerprint density at radius 2 is 1.64 bits per heavy atom. The first kappa shape index (κ1) is 21.9. The second-order valence-electron chi connectivity index (χ2n) is 5.39. The Balaban J connectivity index is 0.000000534. The molecule has 1 atom stereocenters. The van der Waals surface area contributed by atoms with E-state index in [1.165, 1.54) is 12.8 Å². The Morgan fingerprint density at radius 3 is 2.05 bits per heavy atom. The number of rotatable bonds is 7. The van der Waals surface area contributed by atoms with Crippen LogP contribution in [0.2, 0.25) is 6.04 Å². The summed E-state index contributed by atoms with van der Waals surface area (Å²) in [6, 6.07) is 1.06. The quantitative estimate of drug-likeness (QED) is 0.576. The predicted molar refractivity (Wildman–Crippen MR) is 100 cm³/mol. The topological polar surface area (TPSA) is 27.7 Å². The lowest BCUT2D eigenvalue weighted by Gasteiger charge is -2.47. The monoisotopic (exact) mass is 346 g/mol. The van der Waals surface area contributed by atoms with E-state index in [4.69, 9.17) is 13.6 Å². The summed E-state index contributed by atoms with van der Waals surface area (Å²) in [7, 11) is 3.22. The maximum Gasteiger partial charge on any atom is 0.370 e. The van der Waals surface area contributed by atoms with Crippen molar-refractivity contribution < 1.29 is 13.6 Å². The molecule has 22 heavy (non-hydrogen) atoms. The van der Waals surface area contributed by atoms with Gasteiger partial charge in [-0.2, -0.15) is 0 Å². The van der Waals surface area contributed by atoms with Gasteiger partial charge in [0.25, 0.3) is 0 Å². The number of ether oxygens (including phenoxy) is 1. The second kappa shape index (κ2) is 12.4. The lowest BCUT2D eigenvalue weighted by molar-refractivity contribution is -0.0149. The first-order chi connectivity index (χ1) is 10.6. The van der Waals surface area contributed by atoms with Crippen LogP contribution in [0.5, 0.6) is 0 Å². The molecule has 0 amide bonds. The van der Waals surface area contributed by atoms with Gasteiger partial charge < -0.3 is 13.6 Å². The molecule has 0 N–H and O–H groups in total. The summed E-state index contributed by atoms with van der Waals surface area (Å²) in [5.41, 5.74) is 0. The van der Waals surface area contributed by atoms with Gasteiger partial charge in [-0.1, -0.05) is 38.3 Å². The average Bonchev–Trinajstić information content (AvgIpc) is 2.56. The van der Waals surface area contributed by atoms with Crippen molar-refractivity contribution in [2.24, 2.45) is 0 Å². The zero-order valence-corrected chi connectivity index (χ0v) is 17.0. The molecule has 130 valence electrons. The van der Waals surface area contributed by atoms with Crippen LogP contribution >= 0.6 is 11.8 Å². The van der Waals surface area contributed by atoms with Crippen LogP contribution in [0.1, 0.15) is 52.9 Å². The highest BCUT2D eigenvalue weighted by Gasteiger charge is 2.58. The molecule has 0 saturated carbocycles. The number of hydrogen-bond donors (Lipinski definition) is 0. The van der Waals surface area contributed by atoms with E-state index in [1.807, 2.05) is 36.8 Å². The van der Waals surface area contributed by atoms with Crippen molar-refractivity contribution in [3.63, 3.8) is 0 Å². The van der Waals surface area contributed by atoms with E-state index in [0.29, 0.717) is 0 Å². The summed E-state index contributed by atoms with van der Waals surface area (Å²) < 4.78 is 17.4. The average molecular weight is 347 g/mol. The summed E-state index contributed by atoms with van der Waals surface area (Å²) in [4.78, 5) is 0. The smallest absolute Gasteiger partial charge is 0.370 e. The second-order valence-corrected chi connectivity index (χ2v) is 9.94. The van der Waals surface area contributed by atoms with Gasteiger partial charge >= 0.3 is 8.56 Å². The van der Waals surface area contributed by atoms with E-state index >= 15 is 0 Å². The molecule has 1 aliphatic rings. The molecule has 0 aromatic carbocycles. The molecule has 0 radical (unpaired) electrons. The molecule has 5 heteroatoms. The van der Waals surface area contributed by atoms with Crippen LogP contribution in [0, 0.1) is 0 Å². The highest BCUT2D eigenvalue weighted by molar-refractivity contribution is 8.04. The predicted octanol–water partition coefficient (Wildman–Crippen LogP) is 5.42. The summed E-state index contributed by atoms with van der Waals surface area (Å²) >= 11 is 1.69. The van der Waals surface area contributed by atoms with E-state index in [2.05, 4.69) is 6.92 Å². The molecular weight excluding hydrogens is 312 g/mol. The molecule has 0 aromatic heterocycles. The van der Waals surface area contributed by atoms with E-state index < -0.39 is 8.56 Å². The van der Waals surface area contributed by atoms with Crippen molar-refractivity contribution >= 4 is 20.3 Å². The Bertz CT molecular complexity index is 316. The van der Waals surface area contributed by atoms with Crippen LogP contribution in [0.15, 0.2) is 23.0 Å². The van der Waals surface area contributed by atoms with Gasteiger partial charge in [-0.25, -0.2) is 0 Å². The van der Waals surface area contributed by atoms with Gasteiger partial charge in [-0.05, 0) is 43.5 Å². The van der Waals surface area contributed by atoms with Crippen molar-refractivity contribution in [3.05, 3.63) is 23.0 Å². The van der Waals surface area contributed by atoms with Crippen LogP contribution in [-0.4, -0.2) is 35.1 Å². The zero-order valence-electron chi connectivity index (χ0n) is 15.2. The fraction of sp³-hybridized carbons (Fsp3) is 0.765. The van der Waals surface area contributed by atoms with Crippen LogP contribution in [0.25, 0.3) is 0 Å². The normalized spacial score (nSPS) is 24.5. The summed E-state index contributed by atoms with van der Waals surface area (Å²) in [5.74, 6) is 0. The molecular formula is C17H34O3SSi. The maximum atomic E-state index is 5.83. The Kier molecular flexibility index (Phi) is 12.3. The molecule has 1 saturated heterocycles. The molecule has 0 spiro atoms. The van der Waals surface area contributed by atoms with Crippen LogP contribution in [-0.2, 0) is 13.6 Å². The first-order valence-corrected chi connectivity index (χ1v) is 11.1. The fourth-order valence-corrected chi connectivity index (χ4v) is 7.52. The van der Waals surface area contributed by atoms with E-state index in [-0.39, 0.29) is 5.22 Å². The van der Waals surface area contributed by atoms with E-state index in [0.717, 1.165) is 25.3 Å². The summed E-state index contributed by atoms with van der Waals surface area (Å²) in [6.45, 7) is 6.22. The van der Waals surface area contributed by atoms with Gasteiger partial charge in [0.1, 0.15) is 5.22 Å². The van der Waals surface area contributed by atoms with Gasteiger partial charge in [0.05, 0.1) is 0 Å². The summed E-state index contributed by atoms with van der Waals surface area (Å²) in [6.07, 6.45) is 9.74. The molecule has 1 rings (SSSR count). The molecule has 3 nitrogen and oxygen atoms in total. The Labute approximate surface area is 142 Å². The first-order valence-electron chi connectivity index (χ1n) is 8.15. The minimum atomic E-state index is -2.15. The molecule has 0 bridgehead atoms. The third-order valence-corrected chi connectivity index (χ3v) is 9.45. The lowest BCUT2D eigenvalue weighted by Crippen LogP contribution is -2.64. The van der Waals surface area contributed by atoms with E-state index in [9.17, 15) is 0 Å². The molecule has 0 aliphatic carbocycles. The molecule has 1 fully saturated rings. The Hall–Kier alpha value is -0.0731. The van der Waals surface area contributed by atoms with Crippen LogP contribution < -0.4 is 0 Å². The van der Waals surface area contributed by atoms with Crippen LogP contribution in [0.3, 0.4) is 0 Å². The Morgan fingerprint density at radius 1 is 1.05 bits per heavy atom. The third kappa shape index (κ3) is 5.85. The van der Waals surface area contributed by atoms with Crippen molar-refractivity contribution in [3.8, 4) is 0 Å². The van der Waals surface area contributed by atoms with Crippen molar-refractivity contribution in [1.29, 1.82) is 0 Å². The number of hydrogen-bond acceptors (Lipinski definition) is 4. The van der Waals surface area contributed by atoms with Gasteiger partial charge in [-0.15, -0.1) is 11.8 Å². The molecule has 1 heterocycles. The third-order valence-electron chi connectivity index (χ3n) is 4.16. The SMILES string of the molecule is CC=CSC=CC.CCCC1(OC)CCCC[Si]1(OC)OC. The highest BCUT2D eigenvalue weighted by Crippen LogP contribution is 2.42. The van der Waals surface area contributed by atoms with Crippen LogP contribution in [0.4, 0.5) is 0 Å². The molecule has 1 unspecified atom stereocenters. The number of allylic oxidation sites excluding steroid dienone is 2. The zero-order chi connectivity index (χ0) is 16.9. The molecule has 0 aromatic rings. The fourth-order valence-electron chi connectivity index (χ4n) is 3.13. The summed E-state index contributed by atoms with van der Waals surface area (Å²) in [5, 5.41) is 3.96. The van der Waals surface area contributed by atoms with Gasteiger partial charge in [0, 0.05) is 21.3 Å². The van der Waals surface area contributed by atoms with Gasteiger partial charge in [0.15, 0.2) is 0 Å². The van der Waals surface area contributed by atoms with E-state index in [1.54, 1.807) is 33.1 Å². The van der Waals surface area contributed by atoms with Crippen molar-refractivity contribution in [2.75, 3.05) is 21.3 Å². The van der Waals surface area contributed by atoms with Crippen molar-refractivity contribution in [2.45, 2.75) is 64.1 Å². The lowest BCUT2D eigenvalue weighted by atomic mass is 10.1. The minimum Gasteiger partial charge on any atom is -0.396 e. The van der Waals surface area contributed by atoms with Gasteiger partial charge in [-0.3, -0.25) is 0 Å². The minimum absolute atomic E-state index is 0.122. The number of methoxy groups -OCH3 is 1. The highest BCUT2D eigenvalue weighted by atomic mass is 32.2. The molecule has 1 aliphatic heterocycles. The number of thioether (sulfide) groups is 1. The maximum absolute atomic E-state index is 5.83.